The average molecular weight is 279 g/mol. The van der Waals surface area contributed by atoms with E-state index in [1.54, 1.807) is 36.4 Å². The zero-order chi connectivity index (χ0) is 13.8. The highest BCUT2D eigenvalue weighted by molar-refractivity contribution is 6.30. The molecule has 0 amide bonds. The summed E-state index contributed by atoms with van der Waals surface area (Å²) in [6, 6.07) is 11.5. The van der Waals surface area contributed by atoms with Crippen molar-refractivity contribution in [2.24, 2.45) is 0 Å². The van der Waals surface area contributed by atoms with Crippen LogP contribution in [0.25, 0.3) is 0 Å². The molecule has 0 spiro atoms. The summed E-state index contributed by atoms with van der Waals surface area (Å²) in [4.78, 5) is 10.5. The number of rotatable bonds is 4. The molecule has 6 heteroatoms. The zero-order valence-corrected chi connectivity index (χ0v) is 10.8. The first-order valence-corrected chi connectivity index (χ1v) is 5.83. The van der Waals surface area contributed by atoms with Crippen molar-refractivity contribution in [3.63, 3.8) is 0 Å². The van der Waals surface area contributed by atoms with Gasteiger partial charge in [0, 0.05) is 22.8 Å². The van der Waals surface area contributed by atoms with Crippen LogP contribution in [0.4, 0.5) is 17.1 Å². The van der Waals surface area contributed by atoms with E-state index in [0.717, 1.165) is 0 Å². The van der Waals surface area contributed by atoms with Gasteiger partial charge >= 0.3 is 0 Å². The second kappa shape index (κ2) is 5.58. The number of ether oxygens (including phenoxy) is 1. The highest BCUT2D eigenvalue weighted by atomic mass is 35.5. The van der Waals surface area contributed by atoms with Crippen molar-refractivity contribution >= 4 is 28.7 Å². The second-order valence-corrected chi connectivity index (χ2v) is 4.21. The van der Waals surface area contributed by atoms with E-state index in [1.165, 1.54) is 13.2 Å². The van der Waals surface area contributed by atoms with Crippen molar-refractivity contribution in [1.82, 2.24) is 0 Å². The van der Waals surface area contributed by atoms with Gasteiger partial charge in [-0.3, -0.25) is 10.1 Å². The normalized spacial score (nSPS) is 10.0. The van der Waals surface area contributed by atoms with E-state index in [2.05, 4.69) is 5.32 Å². The van der Waals surface area contributed by atoms with Crippen LogP contribution in [0.1, 0.15) is 0 Å². The van der Waals surface area contributed by atoms with E-state index in [4.69, 9.17) is 16.3 Å². The third-order valence-electron chi connectivity index (χ3n) is 2.50. The number of hydrogen-bond acceptors (Lipinski definition) is 4. The molecule has 0 saturated carbocycles. The SMILES string of the molecule is COc1ccc([N+](=O)[O-])c(Nc2cccc(Cl)c2)c1. The monoisotopic (exact) mass is 278 g/mol. The minimum absolute atomic E-state index is 0.0271. The van der Waals surface area contributed by atoms with Crippen LogP contribution in [0.2, 0.25) is 5.02 Å². The van der Waals surface area contributed by atoms with E-state index in [0.29, 0.717) is 22.1 Å². The summed E-state index contributed by atoms with van der Waals surface area (Å²) in [5, 5.41) is 14.5. The summed E-state index contributed by atoms with van der Waals surface area (Å²) in [6.45, 7) is 0. The first-order valence-electron chi connectivity index (χ1n) is 5.45. The van der Waals surface area contributed by atoms with Crippen LogP contribution >= 0.6 is 11.6 Å². The Hall–Kier alpha value is -2.27. The molecule has 0 aliphatic carbocycles. The number of halogens is 1. The molecule has 0 aliphatic rings. The van der Waals surface area contributed by atoms with Crippen LogP contribution in [0.15, 0.2) is 42.5 Å². The maximum absolute atomic E-state index is 11.0. The molecule has 0 fully saturated rings. The molecule has 0 saturated heterocycles. The van der Waals surface area contributed by atoms with Crippen molar-refractivity contribution in [3.05, 3.63) is 57.6 Å². The highest BCUT2D eigenvalue weighted by Gasteiger charge is 2.14. The highest BCUT2D eigenvalue weighted by Crippen LogP contribution is 2.31. The van der Waals surface area contributed by atoms with Gasteiger partial charge in [0.1, 0.15) is 11.4 Å². The lowest BCUT2D eigenvalue weighted by Gasteiger charge is -2.09. The van der Waals surface area contributed by atoms with Crippen LogP contribution in [0.5, 0.6) is 5.75 Å². The largest absolute Gasteiger partial charge is 0.497 e. The molecular weight excluding hydrogens is 268 g/mol. The molecule has 0 aromatic heterocycles. The molecule has 19 heavy (non-hydrogen) atoms. The number of nitro groups is 1. The van der Waals surface area contributed by atoms with E-state index in [9.17, 15) is 10.1 Å². The average Bonchev–Trinajstić information content (AvgIpc) is 2.38. The Kier molecular flexibility index (Phi) is 3.87. The minimum atomic E-state index is -0.452. The van der Waals surface area contributed by atoms with Gasteiger partial charge in [0.15, 0.2) is 0 Å². The van der Waals surface area contributed by atoms with Gasteiger partial charge in [-0.05, 0) is 24.3 Å². The first kappa shape index (κ1) is 13.2. The number of nitrogens with zero attached hydrogens (tertiary/aromatic N) is 1. The Morgan fingerprint density at radius 1 is 1.26 bits per heavy atom. The lowest BCUT2D eigenvalue weighted by atomic mass is 10.2. The van der Waals surface area contributed by atoms with Crippen LogP contribution in [0.3, 0.4) is 0 Å². The smallest absolute Gasteiger partial charge is 0.292 e. The maximum Gasteiger partial charge on any atom is 0.292 e. The van der Waals surface area contributed by atoms with Gasteiger partial charge in [0.05, 0.1) is 12.0 Å². The number of methoxy groups -OCH3 is 1. The standard InChI is InChI=1S/C13H11ClN2O3/c1-19-11-5-6-13(16(17)18)12(8-11)15-10-4-2-3-9(14)7-10/h2-8,15H,1H3. The zero-order valence-electron chi connectivity index (χ0n) is 10.1. The van der Waals surface area contributed by atoms with Gasteiger partial charge in [0.2, 0.25) is 0 Å². The fourth-order valence-electron chi connectivity index (χ4n) is 1.62. The molecule has 0 aliphatic heterocycles. The molecule has 0 radical (unpaired) electrons. The summed E-state index contributed by atoms with van der Waals surface area (Å²) < 4.78 is 5.06. The number of hydrogen-bond donors (Lipinski definition) is 1. The van der Waals surface area contributed by atoms with Gasteiger partial charge in [0.25, 0.3) is 5.69 Å². The fraction of sp³-hybridized carbons (Fsp3) is 0.0769. The van der Waals surface area contributed by atoms with Crippen molar-refractivity contribution < 1.29 is 9.66 Å². The number of anilines is 2. The topological polar surface area (TPSA) is 64.4 Å². The summed E-state index contributed by atoms with van der Waals surface area (Å²) in [7, 11) is 1.50. The maximum atomic E-state index is 11.0. The molecule has 2 aromatic rings. The predicted molar refractivity (Wildman–Crippen MR) is 74.4 cm³/mol. The van der Waals surface area contributed by atoms with Crippen molar-refractivity contribution in [2.45, 2.75) is 0 Å². The van der Waals surface area contributed by atoms with Gasteiger partial charge in [-0.2, -0.15) is 0 Å². The molecular formula is C13H11ClN2O3. The Morgan fingerprint density at radius 2 is 2.05 bits per heavy atom. The molecule has 0 bridgehead atoms. The second-order valence-electron chi connectivity index (χ2n) is 3.78. The van der Waals surface area contributed by atoms with Crippen LogP contribution in [-0.2, 0) is 0 Å². The van der Waals surface area contributed by atoms with Crippen LogP contribution < -0.4 is 10.1 Å². The van der Waals surface area contributed by atoms with E-state index in [1.807, 2.05) is 0 Å². The van der Waals surface area contributed by atoms with Crippen molar-refractivity contribution in [1.29, 1.82) is 0 Å². The molecule has 0 unspecified atom stereocenters. The molecule has 98 valence electrons. The Balaban J connectivity index is 2.39. The molecule has 1 N–H and O–H groups in total. The molecule has 0 atom stereocenters. The van der Waals surface area contributed by atoms with E-state index < -0.39 is 4.92 Å². The Bertz CT molecular complexity index is 617. The Labute approximate surface area is 114 Å². The third kappa shape index (κ3) is 3.14. The Morgan fingerprint density at radius 3 is 2.68 bits per heavy atom. The predicted octanol–water partition coefficient (Wildman–Crippen LogP) is 4.00. The summed E-state index contributed by atoms with van der Waals surface area (Å²) >= 11 is 5.87. The van der Waals surface area contributed by atoms with Gasteiger partial charge < -0.3 is 10.1 Å². The summed E-state index contributed by atoms with van der Waals surface area (Å²) in [5.74, 6) is 0.537. The fourth-order valence-corrected chi connectivity index (χ4v) is 1.81. The molecule has 0 heterocycles. The van der Waals surface area contributed by atoms with E-state index >= 15 is 0 Å². The molecule has 2 aromatic carbocycles. The first-order chi connectivity index (χ1) is 9.10. The minimum Gasteiger partial charge on any atom is -0.497 e. The summed E-state index contributed by atoms with van der Waals surface area (Å²) in [5.41, 5.74) is 0.997. The number of nitrogens with one attached hydrogen (secondary N) is 1. The number of nitro benzene ring substituents is 1. The van der Waals surface area contributed by atoms with E-state index in [-0.39, 0.29) is 5.69 Å². The van der Waals surface area contributed by atoms with Crippen LogP contribution in [-0.4, -0.2) is 12.0 Å². The van der Waals surface area contributed by atoms with Gasteiger partial charge in [-0.1, -0.05) is 17.7 Å². The van der Waals surface area contributed by atoms with Crippen molar-refractivity contribution in [3.8, 4) is 5.75 Å². The van der Waals surface area contributed by atoms with Gasteiger partial charge in [-0.15, -0.1) is 0 Å². The van der Waals surface area contributed by atoms with Gasteiger partial charge in [-0.25, -0.2) is 0 Å². The van der Waals surface area contributed by atoms with Crippen LogP contribution in [0, 0.1) is 10.1 Å². The van der Waals surface area contributed by atoms with Crippen molar-refractivity contribution in [2.75, 3.05) is 12.4 Å². The lowest BCUT2D eigenvalue weighted by Crippen LogP contribution is -1.97. The third-order valence-corrected chi connectivity index (χ3v) is 2.74. The lowest BCUT2D eigenvalue weighted by molar-refractivity contribution is -0.383. The molecule has 5 nitrogen and oxygen atoms in total. The summed E-state index contributed by atoms with van der Waals surface area (Å²) in [6.07, 6.45) is 0. The molecule has 2 rings (SSSR count). The number of benzene rings is 2. The quantitative estimate of drug-likeness (QED) is 0.678.